The first kappa shape index (κ1) is 100. The number of fused-ring (bicyclic) bond motifs is 2. The fourth-order valence-corrected chi connectivity index (χ4v) is 14.1. The van der Waals surface area contributed by atoms with Crippen LogP contribution < -0.4 is 59.3 Å². The van der Waals surface area contributed by atoms with Gasteiger partial charge in [0.25, 0.3) is 11.8 Å². The van der Waals surface area contributed by atoms with Crippen molar-refractivity contribution in [1.29, 1.82) is 0 Å². The number of carbonyl (C=O) groups is 12. The van der Waals surface area contributed by atoms with Gasteiger partial charge in [-0.1, -0.05) is 12.8 Å². The minimum absolute atomic E-state index is 0.0416. The Bertz CT molecular complexity index is 3170. The quantitative estimate of drug-likeness (QED) is 0.0268. The van der Waals surface area contributed by atoms with E-state index in [2.05, 4.69) is 57.8 Å². The molecule has 0 spiro atoms. The fraction of sp³-hybridized carbons (Fsp3) is 0.692. The van der Waals surface area contributed by atoms with Crippen LogP contribution in [0.4, 0.5) is 50.0 Å². The lowest BCUT2D eigenvalue weighted by atomic mass is 10.0. The second-order valence-corrected chi connectivity index (χ2v) is 28.2. The van der Waals surface area contributed by atoms with Crippen molar-refractivity contribution in [3.63, 3.8) is 0 Å². The van der Waals surface area contributed by atoms with Crippen LogP contribution in [0.3, 0.4) is 0 Å². The Morgan fingerprint density at radius 1 is 0.426 bits per heavy atom. The molecule has 6 rings (SSSR count). The van der Waals surface area contributed by atoms with Crippen molar-refractivity contribution in [2.45, 2.75) is 105 Å². The van der Waals surface area contributed by atoms with Gasteiger partial charge < -0.3 is 109 Å². The summed E-state index contributed by atoms with van der Waals surface area (Å²) in [5.41, 5.74) is 12.0. The summed E-state index contributed by atoms with van der Waals surface area (Å²) in [6, 6.07) is 4.59. The molecular weight excluding hydrogens is 1610 g/mol. The molecule has 1 aromatic carbocycles. The van der Waals surface area contributed by atoms with Gasteiger partial charge in [0.2, 0.25) is 17.7 Å². The summed E-state index contributed by atoms with van der Waals surface area (Å²) < 4.78 is 118. The number of urea groups is 1. The number of nitrogens with one attached hydrogen (secondary N) is 9. The molecule has 115 heavy (non-hydrogen) atoms. The predicted octanol–water partition coefficient (Wildman–Crippen LogP) is -1.28. The Kier molecular flexibility index (Phi) is 46.4. The molecule has 19 N–H and O–H groups in total. The minimum atomic E-state index is -5.08. The molecule has 5 aliphatic heterocycles. The summed E-state index contributed by atoms with van der Waals surface area (Å²) in [5, 5.41) is 76.4. The highest BCUT2D eigenvalue weighted by molar-refractivity contribution is 8.00. The first-order valence-electron chi connectivity index (χ1n) is 36.0. The molecule has 3 fully saturated rings. The number of carboxylic acid groups (broad SMARTS) is 6. The third-order valence-corrected chi connectivity index (χ3v) is 19.6. The van der Waals surface area contributed by atoms with Crippen LogP contribution >= 0.6 is 23.5 Å². The predicted molar refractivity (Wildman–Crippen MR) is 394 cm³/mol. The molecule has 0 aromatic heterocycles. The summed E-state index contributed by atoms with van der Waals surface area (Å²) >= 11 is 3.79. The van der Waals surface area contributed by atoms with E-state index < -0.39 is 72.2 Å². The number of ether oxygens (including phenoxy) is 4. The highest BCUT2D eigenvalue weighted by Crippen LogP contribution is 2.36. The number of unbranched alkanes of at least 4 members (excludes halogenated alkanes) is 2. The smallest absolute Gasteiger partial charge is 0.480 e. The summed E-state index contributed by atoms with van der Waals surface area (Å²) in [4.78, 5) is 155. The maximum atomic E-state index is 13.5. The van der Waals surface area contributed by atoms with E-state index in [1.165, 1.54) is 18.2 Å². The number of carboxylic acids is 6. The lowest BCUT2D eigenvalue weighted by molar-refractivity contribution is -0.193. The van der Waals surface area contributed by atoms with Crippen LogP contribution in [-0.2, 0) is 62.1 Å². The Hall–Kier alpha value is -9.05. The van der Waals surface area contributed by atoms with E-state index in [9.17, 15) is 98.0 Å². The molecule has 3 saturated heterocycles. The number of halogens is 9. The Labute approximate surface area is 661 Å². The van der Waals surface area contributed by atoms with Gasteiger partial charge in [-0.25, -0.2) is 29.2 Å². The van der Waals surface area contributed by atoms with Gasteiger partial charge in [0.15, 0.2) is 11.9 Å². The standard InChI is InChI=1S/C59H97N17O16S2.3C2HF3O2/c60-57-69-43-38-93-45(53(43)71-57)5-1-3-7-47(77)62-9-23-89-26-12-65-55(86)40-31-41(56(87)66-13-27-90-24-10-63-48(78)8-4-2-6-46-54-44(39-94-46)70-58(61)72-54)33-42(32-40)68-59(88)67-14-28-92-30-29-91-25-11-64-49(79)34-73-15-17-74(35-50(80)81)19-21-76(37-52(84)85)22-20-75(18-16-73)36-51(82)83;3*3-2(4,5)1(6)7/h31-33,43-46,53-54H,1-30,34-39H2,(H,62,77)(H,63,78)(H,64,79)(H,65,86)(H,66,87)(H,80,81)(H,82,83)(H,84,85)(H3,60,69,71)(H3,61,70,72)(H2,67,68,88);3*(H,6,7)/t43-,44-,45-,46-,53-,54-;;;/m0.../s1. The zero-order valence-corrected chi connectivity index (χ0v) is 64.1. The van der Waals surface area contributed by atoms with E-state index in [4.69, 9.17) is 60.1 Å². The third kappa shape index (κ3) is 44.6. The molecular formula is C65H100F9N17O22S2. The van der Waals surface area contributed by atoms with E-state index >= 15 is 0 Å². The normalized spacial score (nSPS) is 19.2. The van der Waals surface area contributed by atoms with E-state index in [0.29, 0.717) is 73.5 Å². The van der Waals surface area contributed by atoms with Crippen molar-refractivity contribution < 1.29 is 147 Å². The number of nitrogens with two attached hydrogens (primary N) is 2. The summed E-state index contributed by atoms with van der Waals surface area (Å²) in [6.45, 7) is 3.73. The lowest BCUT2D eigenvalue weighted by Gasteiger charge is -2.32. The van der Waals surface area contributed by atoms with E-state index in [1.807, 2.05) is 28.4 Å². The minimum Gasteiger partial charge on any atom is -0.480 e. The Balaban J connectivity index is 0.00000143. The lowest BCUT2D eigenvalue weighted by Crippen LogP contribution is -2.50. The van der Waals surface area contributed by atoms with Crippen molar-refractivity contribution in [2.24, 2.45) is 21.5 Å². The SMILES string of the molecule is NC1=N[C@H]2[C@H](CS[C@H]2CCCCC(=O)NCCOCCNC(=O)c2cc(NC(=O)NCCOCCOCCNC(=O)CN3CCN(CC(=O)O)CCN(CC(=O)O)CCN(CC(=O)O)CC3)cc(C(=O)NCCOCCNC(=O)CCCC[C@@H]3SC[C@@H]4NC(N)=N[C@@H]43)c2)N1.O=C(O)C(F)(F)F.O=C(O)C(F)(F)F.O=C(O)C(F)(F)F. The van der Waals surface area contributed by atoms with Gasteiger partial charge in [0.1, 0.15) is 0 Å². The first-order chi connectivity index (χ1) is 54.2. The molecule has 0 aliphatic carbocycles. The van der Waals surface area contributed by atoms with Crippen LogP contribution in [-0.4, -0.2) is 369 Å². The van der Waals surface area contributed by atoms with Gasteiger partial charge in [-0.05, 0) is 43.9 Å². The maximum Gasteiger partial charge on any atom is 0.490 e. The van der Waals surface area contributed by atoms with Crippen molar-refractivity contribution in [3.8, 4) is 0 Å². The number of aliphatic imine (C=N–C) groups is 2. The monoisotopic (exact) mass is 1710 g/mol. The largest absolute Gasteiger partial charge is 0.490 e. The van der Waals surface area contributed by atoms with Crippen LogP contribution in [0.25, 0.3) is 0 Å². The van der Waals surface area contributed by atoms with Gasteiger partial charge in [-0.15, -0.1) is 0 Å². The Morgan fingerprint density at radius 2 is 0.722 bits per heavy atom. The maximum absolute atomic E-state index is 13.5. The number of guanidine groups is 2. The van der Waals surface area contributed by atoms with Crippen molar-refractivity contribution >= 4 is 113 Å². The summed E-state index contributed by atoms with van der Waals surface area (Å²) in [6.07, 6.45) is -9.18. The molecule has 1 aromatic rings. The molecule has 652 valence electrons. The highest BCUT2D eigenvalue weighted by atomic mass is 32.2. The van der Waals surface area contributed by atoms with Gasteiger partial charge in [0, 0.05) is 143 Å². The highest BCUT2D eigenvalue weighted by Gasteiger charge is 2.43. The number of benzene rings is 1. The third-order valence-electron chi connectivity index (χ3n) is 16.6. The number of hydrogen-bond donors (Lipinski definition) is 17. The zero-order chi connectivity index (χ0) is 85.7. The molecule has 0 unspecified atom stereocenters. The second-order valence-electron chi connectivity index (χ2n) is 25.6. The molecule has 39 nitrogen and oxygen atoms in total. The van der Waals surface area contributed by atoms with Crippen LogP contribution in [0.5, 0.6) is 0 Å². The molecule has 5 heterocycles. The average Bonchev–Trinajstić information content (AvgIpc) is 1.70. The van der Waals surface area contributed by atoms with E-state index in [1.54, 1.807) is 14.7 Å². The zero-order valence-electron chi connectivity index (χ0n) is 62.4. The van der Waals surface area contributed by atoms with Crippen LogP contribution in [0, 0.1) is 0 Å². The molecule has 5 aliphatic rings. The number of aliphatic carboxylic acids is 6. The average molecular weight is 1710 g/mol. The molecule has 50 heteroatoms. The van der Waals surface area contributed by atoms with E-state index in [-0.39, 0.29) is 191 Å². The number of nitrogens with zero attached hydrogens (tertiary/aromatic N) is 6. The van der Waals surface area contributed by atoms with Gasteiger partial charge >= 0.3 is 60.4 Å². The molecule has 0 radical (unpaired) electrons. The van der Waals surface area contributed by atoms with Crippen LogP contribution in [0.1, 0.15) is 72.1 Å². The van der Waals surface area contributed by atoms with Gasteiger partial charge in [0.05, 0.1) is 103 Å². The first-order valence-corrected chi connectivity index (χ1v) is 38.1. The van der Waals surface area contributed by atoms with Crippen LogP contribution in [0.15, 0.2) is 28.2 Å². The molecule has 7 amide bonds. The van der Waals surface area contributed by atoms with Crippen LogP contribution in [0.2, 0.25) is 0 Å². The number of amides is 7. The number of anilines is 1. The second kappa shape index (κ2) is 53.2. The summed E-state index contributed by atoms with van der Waals surface area (Å²) in [5.74, 6) is -9.98. The molecule has 0 bridgehead atoms. The number of rotatable bonds is 42. The van der Waals surface area contributed by atoms with Crippen molar-refractivity contribution in [2.75, 3.05) is 187 Å². The number of alkyl halides is 9. The number of carbonyl (C=O) groups excluding carboxylic acids is 6. The van der Waals surface area contributed by atoms with Gasteiger partial charge in [-0.2, -0.15) is 63.0 Å². The molecule has 0 saturated carbocycles. The van der Waals surface area contributed by atoms with Crippen molar-refractivity contribution in [1.82, 2.24) is 62.1 Å². The summed E-state index contributed by atoms with van der Waals surface area (Å²) in [7, 11) is 0. The van der Waals surface area contributed by atoms with Gasteiger partial charge in [-0.3, -0.25) is 58.0 Å². The molecule has 6 atom stereocenters. The van der Waals surface area contributed by atoms with Crippen molar-refractivity contribution in [3.05, 3.63) is 29.3 Å². The number of hydrogen-bond acceptors (Lipinski definition) is 28. The Morgan fingerprint density at radius 3 is 1.04 bits per heavy atom. The van der Waals surface area contributed by atoms with E-state index in [0.717, 1.165) is 50.0 Å². The topological polar surface area (TPSA) is 561 Å². The fourth-order valence-electron chi connectivity index (χ4n) is 11.1. The number of thioether (sulfide) groups is 2.